The van der Waals surface area contributed by atoms with Crippen LogP contribution in [0.15, 0.2) is 27.9 Å². The molecule has 0 spiro atoms. The predicted molar refractivity (Wildman–Crippen MR) is 81.8 cm³/mol. The topological polar surface area (TPSA) is 0 Å². The second-order valence-corrected chi connectivity index (χ2v) is 7.50. The van der Waals surface area contributed by atoms with Gasteiger partial charge in [-0.1, -0.05) is 43.7 Å². The Balaban J connectivity index is 2.14. The van der Waals surface area contributed by atoms with Crippen LogP contribution in [0.5, 0.6) is 0 Å². The van der Waals surface area contributed by atoms with E-state index in [-0.39, 0.29) is 0 Å². The lowest BCUT2D eigenvalue weighted by atomic mass is 9.71. The van der Waals surface area contributed by atoms with Crippen molar-refractivity contribution in [3.05, 3.63) is 44.5 Å². The minimum atomic E-state index is 0.344. The molecule has 2 aliphatic rings. The summed E-state index contributed by atoms with van der Waals surface area (Å²) in [5.41, 5.74) is 4.97. The number of rotatable bonds is 0. The summed E-state index contributed by atoms with van der Waals surface area (Å²) < 4.78 is 1.56. The minimum absolute atomic E-state index is 0.344. The van der Waals surface area contributed by atoms with Crippen molar-refractivity contribution in [2.24, 2.45) is 5.92 Å². The largest absolute Gasteiger partial charge is 0.0746 e. The molecule has 1 unspecified atom stereocenters. The third-order valence-electron chi connectivity index (χ3n) is 4.72. The number of hydrogen-bond donors (Lipinski definition) is 0. The minimum Gasteiger partial charge on any atom is -0.0746 e. The normalized spacial score (nSPS) is 29.5. The van der Waals surface area contributed by atoms with Gasteiger partial charge in [0.2, 0.25) is 0 Å². The Morgan fingerprint density at radius 2 is 2.06 bits per heavy atom. The molecule has 0 N–H and O–H groups in total. The van der Waals surface area contributed by atoms with E-state index >= 15 is 0 Å². The highest BCUT2D eigenvalue weighted by Gasteiger charge is 2.46. The van der Waals surface area contributed by atoms with Gasteiger partial charge in [-0.05, 0) is 74.3 Å². The van der Waals surface area contributed by atoms with Crippen LogP contribution in [0, 0.1) is 12.8 Å². The molecule has 17 heavy (non-hydrogen) atoms. The van der Waals surface area contributed by atoms with E-state index < -0.39 is 0 Å². The molecule has 0 fully saturated rings. The van der Waals surface area contributed by atoms with Crippen molar-refractivity contribution < 1.29 is 0 Å². The van der Waals surface area contributed by atoms with Crippen molar-refractivity contribution in [3.63, 3.8) is 0 Å². The molecule has 0 saturated carbocycles. The smallest absolute Gasteiger partial charge is 0.00631 e. The zero-order valence-corrected chi connectivity index (χ0v) is 12.9. The molecule has 3 rings (SSSR count). The van der Waals surface area contributed by atoms with Crippen molar-refractivity contribution in [2.45, 2.75) is 44.9 Å². The zero-order chi connectivity index (χ0) is 12.2. The summed E-state index contributed by atoms with van der Waals surface area (Å²) in [7, 11) is 0. The summed E-state index contributed by atoms with van der Waals surface area (Å²) in [5.74, 6) is 1.57. The molecule has 0 saturated heterocycles. The van der Waals surface area contributed by atoms with E-state index in [2.05, 4.69) is 67.6 Å². The van der Waals surface area contributed by atoms with Crippen molar-refractivity contribution >= 4 is 22.6 Å². The van der Waals surface area contributed by atoms with Gasteiger partial charge in [-0.25, -0.2) is 0 Å². The summed E-state index contributed by atoms with van der Waals surface area (Å²) in [6.07, 6.45) is 4.95. The van der Waals surface area contributed by atoms with Crippen molar-refractivity contribution in [2.75, 3.05) is 0 Å². The van der Waals surface area contributed by atoms with Crippen LogP contribution in [0.4, 0.5) is 0 Å². The average Bonchev–Trinajstić information content (AvgIpc) is 2.49. The van der Waals surface area contributed by atoms with E-state index in [1.807, 2.05) is 0 Å². The third-order valence-corrected chi connectivity index (χ3v) is 5.60. The van der Waals surface area contributed by atoms with Gasteiger partial charge in [0, 0.05) is 0 Å². The van der Waals surface area contributed by atoms with Crippen LogP contribution in [0.1, 0.15) is 49.3 Å². The average molecular weight is 338 g/mol. The highest BCUT2D eigenvalue weighted by molar-refractivity contribution is 14.1. The second-order valence-electron chi connectivity index (χ2n) is 6.12. The fourth-order valence-corrected chi connectivity index (χ4v) is 4.44. The van der Waals surface area contributed by atoms with Gasteiger partial charge in [0.15, 0.2) is 0 Å². The van der Waals surface area contributed by atoms with E-state index in [9.17, 15) is 0 Å². The molecule has 1 heteroatoms. The summed E-state index contributed by atoms with van der Waals surface area (Å²) in [5, 5.41) is 0. The van der Waals surface area contributed by atoms with Crippen LogP contribution in [-0.2, 0) is 5.41 Å². The first-order valence-corrected chi connectivity index (χ1v) is 7.53. The Hall–Kier alpha value is -0.310. The number of allylic oxidation sites excluding steroid dienone is 2. The van der Waals surface area contributed by atoms with E-state index in [1.54, 1.807) is 14.7 Å². The van der Waals surface area contributed by atoms with E-state index in [1.165, 1.54) is 18.4 Å². The molecular formula is C16H19I. The van der Waals surface area contributed by atoms with Crippen molar-refractivity contribution in [1.29, 1.82) is 0 Å². The molecular weight excluding hydrogens is 319 g/mol. The molecule has 0 heterocycles. The predicted octanol–water partition coefficient (Wildman–Crippen LogP) is 5.10. The Labute approximate surface area is 118 Å². The van der Waals surface area contributed by atoms with Crippen LogP contribution in [0.3, 0.4) is 0 Å². The Morgan fingerprint density at radius 1 is 1.29 bits per heavy atom. The van der Waals surface area contributed by atoms with Gasteiger partial charge < -0.3 is 0 Å². The summed E-state index contributed by atoms with van der Waals surface area (Å²) in [4.78, 5) is 0. The number of hydrogen-bond acceptors (Lipinski definition) is 0. The first kappa shape index (κ1) is 11.8. The van der Waals surface area contributed by atoms with Crippen LogP contribution in [0.2, 0.25) is 0 Å². The lowest BCUT2D eigenvalue weighted by molar-refractivity contribution is 0.296. The van der Waals surface area contributed by atoms with Gasteiger partial charge in [-0.3, -0.25) is 0 Å². The highest BCUT2D eigenvalue weighted by Crippen LogP contribution is 2.56. The summed E-state index contributed by atoms with van der Waals surface area (Å²) in [6.45, 7) is 7.08. The molecule has 0 aliphatic heterocycles. The number of aryl methyl sites for hydroxylation is 1. The molecule has 0 amide bonds. The SMILES string of the molecule is Cc1ccc2c(c1)C(C)(C)C1CC(I)=CC[C@H]21. The molecule has 1 aromatic carbocycles. The number of fused-ring (bicyclic) bond motifs is 3. The van der Waals surface area contributed by atoms with Gasteiger partial charge in [0.25, 0.3) is 0 Å². The molecule has 0 radical (unpaired) electrons. The van der Waals surface area contributed by atoms with Crippen LogP contribution < -0.4 is 0 Å². The number of halogens is 1. The van der Waals surface area contributed by atoms with Gasteiger partial charge in [0.1, 0.15) is 0 Å². The van der Waals surface area contributed by atoms with Gasteiger partial charge >= 0.3 is 0 Å². The van der Waals surface area contributed by atoms with Crippen LogP contribution in [0.25, 0.3) is 0 Å². The van der Waals surface area contributed by atoms with Crippen molar-refractivity contribution in [1.82, 2.24) is 0 Å². The molecule has 0 bridgehead atoms. The number of benzene rings is 1. The zero-order valence-electron chi connectivity index (χ0n) is 10.8. The maximum atomic E-state index is 2.52. The molecule has 90 valence electrons. The second kappa shape index (κ2) is 3.84. The van der Waals surface area contributed by atoms with Crippen LogP contribution >= 0.6 is 22.6 Å². The monoisotopic (exact) mass is 338 g/mol. The maximum absolute atomic E-state index is 2.52. The lowest BCUT2D eigenvalue weighted by Crippen LogP contribution is -2.27. The Morgan fingerprint density at radius 3 is 2.82 bits per heavy atom. The standard InChI is InChI=1S/C16H19I/c1-10-4-6-12-13-7-5-11(17)9-15(13)16(2,3)14(12)8-10/h4-6,8,13,15H,7,9H2,1-3H3/t13-,15?/m1/s1. The molecule has 1 aromatic rings. The quantitative estimate of drug-likeness (QED) is 0.578. The van der Waals surface area contributed by atoms with Gasteiger partial charge in [-0.2, -0.15) is 0 Å². The maximum Gasteiger partial charge on any atom is -0.00631 e. The van der Waals surface area contributed by atoms with E-state index in [0.29, 0.717) is 5.41 Å². The lowest BCUT2D eigenvalue weighted by Gasteiger charge is -2.33. The fraction of sp³-hybridized carbons (Fsp3) is 0.500. The Kier molecular flexibility index (Phi) is 2.66. The van der Waals surface area contributed by atoms with Gasteiger partial charge in [0.05, 0.1) is 0 Å². The molecule has 0 aromatic heterocycles. The van der Waals surface area contributed by atoms with Gasteiger partial charge in [-0.15, -0.1) is 0 Å². The van der Waals surface area contributed by atoms with Crippen LogP contribution in [-0.4, -0.2) is 0 Å². The summed E-state index contributed by atoms with van der Waals surface area (Å²) in [6, 6.07) is 7.07. The summed E-state index contributed by atoms with van der Waals surface area (Å²) >= 11 is 2.52. The first-order chi connectivity index (χ1) is 8.00. The third kappa shape index (κ3) is 1.69. The molecule has 2 atom stereocenters. The van der Waals surface area contributed by atoms with E-state index in [0.717, 1.165) is 11.8 Å². The molecule has 0 nitrogen and oxygen atoms in total. The molecule has 2 aliphatic carbocycles. The highest BCUT2D eigenvalue weighted by atomic mass is 127. The Bertz CT molecular complexity index is 496. The van der Waals surface area contributed by atoms with E-state index in [4.69, 9.17) is 0 Å². The first-order valence-electron chi connectivity index (χ1n) is 6.45. The fourth-order valence-electron chi connectivity index (χ4n) is 3.71. The van der Waals surface area contributed by atoms with Crippen molar-refractivity contribution in [3.8, 4) is 0 Å².